The van der Waals surface area contributed by atoms with Crippen molar-refractivity contribution in [3.8, 4) is 0 Å². The maximum atomic E-state index is 12.8. The Balaban J connectivity index is 2.01. The second-order valence-electron chi connectivity index (χ2n) is 7.28. The number of ether oxygens (including phenoxy) is 2. The number of rotatable bonds is 9. The maximum Gasteiger partial charge on any atom is 0.245 e. The number of anilines is 1. The second-order valence-corrected chi connectivity index (χ2v) is 8.85. The van der Waals surface area contributed by atoms with Crippen molar-refractivity contribution in [3.63, 3.8) is 0 Å². The minimum absolute atomic E-state index is 0.0159. The first-order valence-electron chi connectivity index (χ1n) is 8.89. The number of hydrogen-bond donors (Lipinski definition) is 2. The molecule has 0 saturated heterocycles. The van der Waals surface area contributed by atoms with Crippen LogP contribution in [-0.2, 0) is 30.8 Å². The zero-order valence-electron chi connectivity index (χ0n) is 16.0. The van der Waals surface area contributed by atoms with Crippen LogP contribution in [0.3, 0.4) is 0 Å². The van der Waals surface area contributed by atoms with Crippen LogP contribution in [0.4, 0.5) is 5.69 Å². The third kappa shape index (κ3) is 4.34. The summed E-state index contributed by atoms with van der Waals surface area (Å²) >= 11 is 0. The molecule has 0 heterocycles. The topological polar surface area (TPSA) is 90.6 Å². The summed E-state index contributed by atoms with van der Waals surface area (Å²) in [6, 6.07) is 7.40. The van der Waals surface area contributed by atoms with Crippen molar-refractivity contribution in [3.05, 3.63) is 29.8 Å². The van der Waals surface area contributed by atoms with Crippen LogP contribution < -0.4 is 11.1 Å². The van der Waals surface area contributed by atoms with Gasteiger partial charge in [-0.1, -0.05) is 26.0 Å². The normalized spacial score (nSPS) is 25.3. The summed E-state index contributed by atoms with van der Waals surface area (Å²) in [6.07, 6.45) is 0.484. The van der Waals surface area contributed by atoms with Gasteiger partial charge in [-0.2, -0.15) is 0 Å². The smallest absolute Gasteiger partial charge is 0.245 e. The molecule has 6 nitrogen and oxygen atoms in total. The molecule has 1 aliphatic carbocycles. The Morgan fingerprint density at radius 3 is 2.77 bits per heavy atom. The largest absolute Gasteiger partial charge is 0.384 e. The molecule has 0 bridgehead atoms. The van der Waals surface area contributed by atoms with Crippen molar-refractivity contribution in [2.24, 2.45) is 11.1 Å². The number of benzene rings is 1. The predicted octanol–water partition coefficient (Wildman–Crippen LogP) is 2.05. The van der Waals surface area contributed by atoms with Crippen molar-refractivity contribution in [1.82, 2.24) is 0 Å². The molecule has 0 aliphatic heterocycles. The van der Waals surface area contributed by atoms with Crippen molar-refractivity contribution >= 4 is 22.4 Å². The van der Waals surface area contributed by atoms with E-state index in [-0.39, 0.29) is 12.0 Å². The van der Waals surface area contributed by atoms with Crippen LogP contribution in [-0.4, -0.2) is 47.8 Å². The third-order valence-corrected chi connectivity index (χ3v) is 6.54. The van der Waals surface area contributed by atoms with Crippen molar-refractivity contribution in [2.45, 2.75) is 44.6 Å². The van der Waals surface area contributed by atoms with Gasteiger partial charge in [-0.15, -0.1) is 0 Å². The van der Waals surface area contributed by atoms with E-state index in [9.17, 15) is 9.00 Å². The zero-order valence-corrected chi connectivity index (χ0v) is 16.9. The Morgan fingerprint density at radius 2 is 2.15 bits per heavy atom. The summed E-state index contributed by atoms with van der Waals surface area (Å²) in [5.41, 5.74) is 6.57. The van der Waals surface area contributed by atoms with E-state index in [4.69, 9.17) is 15.2 Å². The number of carbonyl (C=O) groups excluding carboxylic acids is 1. The lowest BCUT2D eigenvalue weighted by Gasteiger charge is -2.57. The zero-order chi connectivity index (χ0) is 19.4. The highest BCUT2D eigenvalue weighted by atomic mass is 32.2. The number of hydrogen-bond acceptors (Lipinski definition) is 5. The first-order chi connectivity index (χ1) is 12.2. The molecule has 0 radical (unpaired) electrons. The van der Waals surface area contributed by atoms with Gasteiger partial charge in [0.25, 0.3) is 0 Å². The van der Waals surface area contributed by atoms with Crippen LogP contribution in [0.2, 0.25) is 0 Å². The molecular formula is C19H30N2O4S. The lowest BCUT2D eigenvalue weighted by atomic mass is 9.54. The van der Waals surface area contributed by atoms with Crippen molar-refractivity contribution in [2.75, 3.05) is 31.4 Å². The summed E-state index contributed by atoms with van der Waals surface area (Å²) < 4.78 is 22.6. The van der Waals surface area contributed by atoms with E-state index >= 15 is 0 Å². The Kier molecular flexibility index (Phi) is 6.96. The molecule has 0 aromatic heterocycles. The Morgan fingerprint density at radius 1 is 1.42 bits per heavy atom. The average molecular weight is 383 g/mol. The van der Waals surface area contributed by atoms with Gasteiger partial charge in [0.15, 0.2) is 0 Å². The van der Waals surface area contributed by atoms with E-state index < -0.39 is 21.8 Å². The van der Waals surface area contributed by atoms with Gasteiger partial charge in [0.1, 0.15) is 5.54 Å². The molecule has 3 unspecified atom stereocenters. The van der Waals surface area contributed by atoms with Crippen LogP contribution in [0.1, 0.15) is 32.8 Å². The van der Waals surface area contributed by atoms with Gasteiger partial charge < -0.3 is 20.5 Å². The van der Waals surface area contributed by atoms with E-state index in [0.29, 0.717) is 36.8 Å². The van der Waals surface area contributed by atoms with E-state index in [1.807, 2.05) is 45.0 Å². The number of nitrogens with two attached hydrogens (primary N) is 1. The predicted molar refractivity (Wildman–Crippen MR) is 104 cm³/mol. The fraction of sp³-hybridized carbons (Fsp3) is 0.632. The van der Waals surface area contributed by atoms with Gasteiger partial charge in [0.05, 0.1) is 12.7 Å². The molecule has 7 heteroatoms. The van der Waals surface area contributed by atoms with Gasteiger partial charge in [0, 0.05) is 53.5 Å². The van der Waals surface area contributed by atoms with Crippen LogP contribution >= 0.6 is 0 Å². The summed E-state index contributed by atoms with van der Waals surface area (Å²) in [4.78, 5) is 12.8. The number of methoxy groups -OCH3 is 1. The van der Waals surface area contributed by atoms with E-state index in [1.54, 1.807) is 7.11 Å². The number of nitrogens with one attached hydrogen (secondary N) is 1. The summed E-state index contributed by atoms with van der Waals surface area (Å²) in [6.45, 7) is 6.94. The molecule has 0 spiro atoms. The SMILES string of the molecule is CCOC1CC(N)(C(=O)Nc2cccc(CS(=O)CCOC)c2)C1(C)C. The summed E-state index contributed by atoms with van der Waals surface area (Å²) in [5, 5.41) is 2.92. The van der Waals surface area contributed by atoms with Crippen LogP contribution in [0.5, 0.6) is 0 Å². The lowest BCUT2D eigenvalue weighted by Crippen LogP contribution is -2.74. The molecule has 2 rings (SSSR count). The highest BCUT2D eigenvalue weighted by Gasteiger charge is 2.62. The molecule has 3 atom stereocenters. The molecule has 3 N–H and O–H groups in total. The van der Waals surface area contributed by atoms with Gasteiger partial charge in [-0.3, -0.25) is 9.00 Å². The summed E-state index contributed by atoms with van der Waals surface area (Å²) in [7, 11) is 0.593. The highest BCUT2D eigenvalue weighted by Crippen LogP contribution is 2.50. The van der Waals surface area contributed by atoms with Crippen LogP contribution in [0, 0.1) is 5.41 Å². The molecule has 1 saturated carbocycles. The van der Waals surface area contributed by atoms with Gasteiger partial charge >= 0.3 is 0 Å². The highest BCUT2D eigenvalue weighted by molar-refractivity contribution is 7.84. The number of carbonyl (C=O) groups is 1. The first-order valence-corrected chi connectivity index (χ1v) is 10.4. The minimum Gasteiger partial charge on any atom is -0.384 e. The van der Waals surface area contributed by atoms with Crippen molar-refractivity contribution in [1.29, 1.82) is 0 Å². The quantitative estimate of drug-likeness (QED) is 0.682. The average Bonchev–Trinajstić information content (AvgIpc) is 2.59. The Bertz CT molecular complexity index is 665. The van der Waals surface area contributed by atoms with Crippen LogP contribution in [0.25, 0.3) is 0 Å². The number of amides is 1. The third-order valence-electron chi connectivity index (χ3n) is 5.26. The lowest BCUT2D eigenvalue weighted by molar-refractivity contribution is -0.166. The first kappa shape index (κ1) is 21.0. The molecule has 1 amide bonds. The van der Waals surface area contributed by atoms with Crippen molar-refractivity contribution < 1.29 is 18.5 Å². The van der Waals surface area contributed by atoms with Crippen LogP contribution in [0.15, 0.2) is 24.3 Å². The van der Waals surface area contributed by atoms with E-state index in [2.05, 4.69) is 5.32 Å². The Hall–Kier alpha value is -1.28. The molecule has 1 aliphatic rings. The van der Waals surface area contributed by atoms with E-state index in [0.717, 1.165) is 5.56 Å². The van der Waals surface area contributed by atoms with Gasteiger partial charge in [-0.25, -0.2) is 0 Å². The fourth-order valence-corrected chi connectivity index (χ4v) is 4.28. The molecule has 1 fully saturated rings. The molecule has 146 valence electrons. The van der Waals surface area contributed by atoms with Gasteiger partial charge in [0.2, 0.25) is 5.91 Å². The Labute approximate surface area is 158 Å². The molecule has 1 aromatic rings. The van der Waals surface area contributed by atoms with E-state index in [1.165, 1.54) is 0 Å². The summed E-state index contributed by atoms with van der Waals surface area (Å²) in [5.74, 6) is 0.709. The molecule has 1 aromatic carbocycles. The maximum absolute atomic E-state index is 12.8. The molecular weight excluding hydrogens is 352 g/mol. The monoisotopic (exact) mass is 382 g/mol. The fourth-order valence-electron chi connectivity index (χ4n) is 3.24. The standard InChI is InChI=1S/C19H30N2O4S/c1-5-25-16-12-19(20,18(16,2)3)17(22)21-15-8-6-7-14(11-15)13-26(23)10-9-24-4/h6-8,11,16H,5,9-10,12-13,20H2,1-4H3,(H,21,22). The molecule has 26 heavy (non-hydrogen) atoms. The second kappa shape index (κ2) is 8.61. The minimum atomic E-state index is -0.998. The van der Waals surface area contributed by atoms with Gasteiger partial charge in [-0.05, 0) is 24.6 Å².